The molecule has 4 heteroatoms. The van der Waals surface area contributed by atoms with Gasteiger partial charge in [0.2, 0.25) is 5.89 Å². The van der Waals surface area contributed by atoms with Crippen LogP contribution in [0.3, 0.4) is 0 Å². The molecule has 0 saturated heterocycles. The van der Waals surface area contributed by atoms with Crippen molar-refractivity contribution in [1.82, 2.24) is 4.98 Å². The first-order valence-corrected chi connectivity index (χ1v) is 17.8. The maximum absolute atomic E-state index is 6.32. The summed E-state index contributed by atoms with van der Waals surface area (Å²) in [7, 11) is 0. The monoisotopic (exact) mass is 680 g/mol. The van der Waals surface area contributed by atoms with Crippen LogP contribution in [0.5, 0.6) is 0 Å². The van der Waals surface area contributed by atoms with E-state index in [2.05, 4.69) is 169 Å². The molecule has 0 radical (unpaired) electrons. The van der Waals surface area contributed by atoms with Crippen LogP contribution in [-0.4, -0.2) is 4.98 Å². The number of aromatic nitrogens is 1. The van der Waals surface area contributed by atoms with E-state index in [1.54, 1.807) is 0 Å². The minimum Gasteiger partial charge on any atom is -0.456 e. The van der Waals surface area contributed by atoms with Crippen molar-refractivity contribution < 1.29 is 8.83 Å². The van der Waals surface area contributed by atoms with Crippen LogP contribution < -0.4 is 4.90 Å². The molecule has 10 rings (SSSR count). The highest BCUT2D eigenvalue weighted by atomic mass is 16.3. The molecule has 0 aliphatic heterocycles. The number of rotatable bonds is 7. The minimum atomic E-state index is 0.607. The maximum Gasteiger partial charge on any atom is 0.227 e. The van der Waals surface area contributed by atoms with Crippen LogP contribution in [-0.2, 0) is 0 Å². The van der Waals surface area contributed by atoms with Crippen LogP contribution in [0, 0.1) is 0 Å². The van der Waals surface area contributed by atoms with Gasteiger partial charge in [-0.15, -0.1) is 0 Å². The number of anilines is 3. The van der Waals surface area contributed by atoms with E-state index in [1.165, 1.54) is 11.1 Å². The van der Waals surface area contributed by atoms with Gasteiger partial charge >= 0.3 is 0 Å². The van der Waals surface area contributed by atoms with Gasteiger partial charge in [-0.25, -0.2) is 4.98 Å². The second-order valence-electron chi connectivity index (χ2n) is 13.2. The Labute approximate surface area is 306 Å². The molecule has 0 bridgehead atoms. The fraction of sp³-hybridized carbons (Fsp3) is 0. The van der Waals surface area contributed by atoms with Gasteiger partial charge in [0.1, 0.15) is 16.7 Å². The Morgan fingerprint density at radius 1 is 0.340 bits per heavy atom. The zero-order valence-corrected chi connectivity index (χ0v) is 28.7. The first-order chi connectivity index (χ1) is 26.2. The van der Waals surface area contributed by atoms with Gasteiger partial charge in [0.05, 0.1) is 0 Å². The minimum absolute atomic E-state index is 0.607. The third kappa shape index (κ3) is 5.63. The molecule has 2 aromatic heterocycles. The van der Waals surface area contributed by atoms with Crippen molar-refractivity contribution in [3.63, 3.8) is 0 Å². The highest BCUT2D eigenvalue weighted by molar-refractivity contribution is 6.06. The molecule has 0 spiro atoms. The normalized spacial score (nSPS) is 11.4. The van der Waals surface area contributed by atoms with Crippen molar-refractivity contribution in [3.05, 3.63) is 194 Å². The lowest BCUT2D eigenvalue weighted by atomic mass is 10.0. The van der Waals surface area contributed by atoms with Crippen LogP contribution >= 0.6 is 0 Å². The lowest BCUT2D eigenvalue weighted by Crippen LogP contribution is -2.10. The SMILES string of the molecule is c1ccc(-c2ccc(-c3nc4c(-c5ccc(N(c6cccc(-c7ccccc7)c6)c6ccc7oc8ccccc8c7c6)cc5)cccc4o3)cc2)cc1. The largest absolute Gasteiger partial charge is 0.456 e. The van der Waals surface area contributed by atoms with E-state index >= 15 is 0 Å². The predicted molar refractivity (Wildman–Crippen MR) is 218 cm³/mol. The van der Waals surface area contributed by atoms with E-state index in [-0.39, 0.29) is 0 Å². The summed E-state index contributed by atoms with van der Waals surface area (Å²) in [6, 6.07) is 67.5. The fourth-order valence-electron chi connectivity index (χ4n) is 7.29. The molecule has 0 unspecified atom stereocenters. The van der Waals surface area contributed by atoms with Crippen molar-refractivity contribution in [2.45, 2.75) is 0 Å². The van der Waals surface area contributed by atoms with Crippen molar-refractivity contribution in [2.75, 3.05) is 4.90 Å². The molecule has 10 aromatic rings. The Morgan fingerprint density at radius 3 is 1.70 bits per heavy atom. The lowest BCUT2D eigenvalue weighted by molar-refractivity contribution is 0.620. The number of hydrogen-bond acceptors (Lipinski definition) is 4. The van der Waals surface area contributed by atoms with Crippen LogP contribution in [0.2, 0.25) is 0 Å². The highest BCUT2D eigenvalue weighted by Crippen LogP contribution is 2.41. The van der Waals surface area contributed by atoms with Crippen LogP contribution in [0.15, 0.2) is 203 Å². The van der Waals surface area contributed by atoms with Gasteiger partial charge in [0.25, 0.3) is 0 Å². The van der Waals surface area contributed by atoms with E-state index in [0.29, 0.717) is 5.89 Å². The molecule has 0 fully saturated rings. The number of benzene rings is 8. The maximum atomic E-state index is 6.32. The Kier molecular flexibility index (Phi) is 7.43. The average molecular weight is 681 g/mol. The summed E-state index contributed by atoms with van der Waals surface area (Å²) in [4.78, 5) is 7.33. The summed E-state index contributed by atoms with van der Waals surface area (Å²) in [6.45, 7) is 0. The Bertz CT molecular complexity index is 2870. The summed E-state index contributed by atoms with van der Waals surface area (Å²) in [5, 5.41) is 2.19. The molecule has 0 atom stereocenters. The number of hydrogen-bond donors (Lipinski definition) is 0. The topological polar surface area (TPSA) is 42.4 Å². The van der Waals surface area contributed by atoms with E-state index in [4.69, 9.17) is 13.8 Å². The van der Waals surface area contributed by atoms with Crippen molar-refractivity contribution in [3.8, 4) is 44.8 Å². The summed E-state index contributed by atoms with van der Waals surface area (Å²) in [5.41, 5.74) is 14.2. The smallest absolute Gasteiger partial charge is 0.227 e. The quantitative estimate of drug-likeness (QED) is 0.168. The van der Waals surface area contributed by atoms with Gasteiger partial charge in [0.15, 0.2) is 5.58 Å². The molecular formula is C49H32N2O2. The fourth-order valence-corrected chi connectivity index (χ4v) is 7.29. The molecular weight excluding hydrogens is 649 g/mol. The van der Waals surface area contributed by atoms with Gasteiger partial charge in [-0.2, -0.15) is 0 Å². The molecule has 4 nitrogen and oxygen atoms in total. The molecule has 2 heterocycles. The molecule has 0 saturated carbocycles. The van der Waals surface area contributed by atoms with Crippen LogP contribution in [0.25, 0.3) is 77.9 Å². The van der Waals surface area contributed by atoms with Crippen molar-refractivity contribution in [1.29, 1.82) is 0 Å². The van der Waals surface area contributed by atoms with Crippen LogP contribution in [0.1, 0.15) is 0 Å². The Hall–Kier alpha value is -7.17. The standard InChI is InChI=1S/C49H32N2O2/c1-3-11-33(12-4-1)35-21-23-37(24-22-35)49-50-48-42(18-10-20-47(48)53-49)36-25-27-39(28-26-36)51(40-16-9-15-38(31-40)34-13-5-2-6-14-34)41-29-30-46-44(32-41)43-17-7-8-19-45(43)52-46/h1-32H. The van der Waals surface area contributed by atoms with Crippen LogP contribution in [0.4, 0.5) is 17.1 Å². The second-order valence-corrected chi connectivity index (χ2v) is 13.2. The van der Waals surface area contributed by atoms with Crippen molar-refractivity contribution in [2.24, 2.45) is 0 Å². The summed E-state index contributed by atoms with van der Waals surface area (Å²) in [6.07, 6.45) is 0. The molecule has 0 N–H and O–H groups in total. The van der Waals surface area contributed by atoms with E-state index in [0.717, 1.165) is 77.9 Å². The van der Waals surface area contributed by atoms with Gasteiger partial charge in [-0.1, -0.05) is 127 Å². The summed E-state index contributed by atoms with van der Waals surface area (Å²) in [5.74, 6) is 0.607. The first-order valence-electron chi connectivity index (χ1n) is 17.8. The van der Waals surface area contributed by atoms with Gasteiger partial charge < -0.3 is 13.7 Å². The zero-order valence-electron chi connectivity index (χ0n) is 28.7. The van der Waals surface area contributed by atoms with Gasteiger partial charge in [0, 0.05) is 39.0 Å². The number of furan rings is 1. The number of fused-ring (bicyclic) bond motifs is 4. The third-order valence-electron chi connectivity index (χ3n) is 9.92. The molecule has 250 valence electrons. The zero-order chi connectivity index (χ0) is 35.1. The van der Waals surface area contributed by atoms with E-state index in [9.17, 15) is 0 Å². The number of oxazole rings is 1. The van der Waals surface area contributed by atoms with Crippen molar-refractivity contribution >= 4 is 50.1 Å². The molecule has 0 aliphatic rings. The second kappa shape index (κ2) is 12.9. The Morgan fingerprint density at radius 2 is 0.906 bits per heavy atom. The van der Waals surface area contributed by atoms with E-state index < -0.39 is 0 Å². The number of para-hydroxylation sites is 2. The molecule has 8 aromatic carbocycles. The summed E-state index contributed by atoms with van der Waals surface area (Å²) >= 11 is 0. The van der Waals surface area contributed by atoms with E-state index in [1.807, 2.05) is 30.3 Å². The van der Waals surface area contributed by atoms with Gasteiger partial charge in [-0.3, -0.25) is 0 Å². The molecule has 0 aliphatic carbocycles. The number of nitrogens with zero attached hydrogens (tertiary/aromatic N) is 2. The summed E-state index contributed by atoms with van der Waals surface area (Å²) < 4.78 is 12.5. The average Bonchev–Trinajstić information content (AvgIpc) is 3.84. The van der Waals surface area contributed by atoms with Gasteiger partial charge in [-0.05, 0) is 94.5 Å². The molecule has 0 amide bonds. The predicted octanol–water partition coefficient (Wildman–Crippen LogP) is 13.9. The third-order valence-corrected chi connectivity index (χ3v) is 9.92. The Balaban J connectivity index is 1.04. The lowest BCUT2D eigenvalue weighted by Gasteiger charge is -2.26. The highest BCUT2D eigenvalue weighted by Gasteiger charge is 2.18. The first kappa shape index (κ1) is 30.6. The molecule has 53 heavy (non-hydrogen) atoms.